The van der Waals surface area contributed by atoms with Gasteiger partial charge in [0.2, 0.25) is 10.0 Å². The van der Waals surface area contributed by atoms with Gasteiger partial charge in [0, 0.05) is 17.3 Å². The van der Waals surface area contributed by atoms with Crippen molar-refractivity contribution in [3.05, 3.63) is 72.3 Å². The van der Waals surface area contributed by atoms with Gasteiger partial charge in [-0.15, -0.1) is 0 Å². The molecule has 0 heterocycles. The van der Waals surface area contributed by atoms with Crippen LogP contribution in [0.2, 0.25) is 0 Å². The molecule has 0 aliphatic carbocycles. The number of hydrogen-bond donors (Lipinski definition) is 1. The topological polar surface area (TPSA) is 55.4 Å². The Labute approximate surface area is 142 Å². The molecule has 5 heteroatoms. The quantitative estimate of drug-likeness (QED) is 0.743. The number of ether oxygens (including phenoxy) is 1. The van der Waals surface area contributed by atoms with Crippen molar-refractivity contribution < 1.29 is 13.2 Å². The van der Waals surface area contributed by atoms with E-state index in [4.69, 9.17) is 4.74 Å². The molecule has 0 radical (unpaired) electrons. The van der Waals surface area contributed by atoms with E-state index in [1.165, 1.54) is 0 Å². The Morgan fingerprint density at radius 2 is 1.54 bits per heavy atom. The second kappa shape index (κ2) is 7.03. The van der Waals surface area contributed by atoms with Gasteiger partial charge in [-0.1, -0.05) is 54.6 Å². The molecule has 0 bridgehead atoms. The molecule has 0 aromatic heterocycles. The number of sulfonamides is 1. The van der Waals surface area contributed by atoms with Crippen LogP contribution in [0.25, 0.3) is 10.8 Å². The maximum Gasteiger partial charge on any atom is 0.241 e. The van der Waals surface area contributed by atoms with Crippen molar-refractivity contribution in [2.24, 2.45) is 0 Å². The summed E-state index contributed by atoms with van der Waals surface area (Å²) >= 11 is 0. The first-order valence-corrected chi connectivity index (χ1v) is 9.28. The molecule has 0 aliphatic rings. The lowest BCUT2D eigenvalue weighted by Gasteiger charge is -2.13. The number of rotatable bonds is 6. The van der Waals surface area contributed by atoms with Crippen molar-refractivity contribution >= 4 is 20.8 Å². The van der Waals surface area contributed by atoms with Crippen LogP contribution in [-0.2, 0) is 16.6 Å². The third kappa shape index (κ3) is 3.42. The van der Waals surface area contributed by atoms with Crippen molar-refractivity contribution in [1.82, 2.24) is 4.72 Å². The van der Waals surface area contributed by atoms with Crippen LogP contribution in [0.4, 0.5) is 0 Å². The van der Waals surface area contributed by atoms with Gasteiger partial charge in [-0.25, -0.2) is 13.1 Å². The van der Waals surface area contributed by atoms with E-state index in [2.05, 4.69) is 4.72 Å². The molecule has 0 atom stereocenters. The minimum atomic E-state index is -3.62. The van der Waals surface area contributed by atoms with E-state index in [1.807, 2.05) is 55.5 Å². The molecule has 0 saturated heterocycles. The average Bonchev–Trinajstić information content (AvgIpc) is 2.61. The van der Waals surface area contributed by atoms with Gasteiger partial charge in [0.25, 0.3) is 0 Å². The van der Waals surface area contributed by atoms with Crippen LogP contribution in [0.5, 0.6) is 5.75 Å². The number of benzene rings is 3. The molecule has 0 unspecified atom stereocenters. The molecule has 3 aromatic carbocycles. The van der Waals surface area contributed by atoms with Crippen LogP contribution in [0.3, 0.4) is 0 Å². The largest absolute Gasteiger partial charge is 0.493 e. The molecule has 0 amide bonds. The highest BCUT2D eigenvalue weighted by Gasteiger charge is 2.18. The lowest BCUT2D eigenvalue weighted by atomic mass is 10.1. The molecule has 3 aromatic rings. The van der Waals surface area contributed by atoms with Crippen molar-refractivity contribution in [3.63, 3.8) is 0 Å². The van der Waals surface area contributed by atoms with Crippen LogP contribution < -0.4 is 9.46 Å². The fourth-order valence-electron chi connectivity index (χ4n) is 2.61. The SMILES string of the molecule is CCOc1ccc(S(=O)(=O)NCc2ccccc2)c2ccccc12. The molecule has 124 valence electrons. The van der Waals surface area contributed by atoms with Crippen LogP contribution in [0.1, 0.15) is 12.5 Å². The van der Waals surface area contributed by atoms with E-state index >= 15 is 0 Å². The third-order valence-electron chi connectivity index (χ3n) is 3.74. The first kappa shape index (κ1) is 16.5. The highest BCUT2D eigenvalue weighted by molar-refractivity contribution is 7.89. The minimum absolute atomic E-state index is 0.255. The fourth-order valence-corrected chi connectivity index (χ4v) is 3.84. The van der Waals surface area contributed by atoms with Gasteiger partial charge >= 0.3 is 0 Å². The maximum absolute atomic E-state index is 12.7. The molecular formula is C19H19NO3S. The summed E-state index contributed by atoms with van der Waals surface area (Å²) in [6.45, 7) is 2.69. The average molecular weight is 341 g/mol. The van der Waals surface area contributed by atoms with Gasteiger partial charge in [0.1, 0.15) is 5.75 Å². The fraction of sp³-hybridized carbons (Fsp3) is 0.158. The van der Waals surface area contributed by atoms with Crippen molar-refractivity contribution in [1.29, 1.82) is 0 Å². The Morgan fingerprint density at radius 3 is 2.25 bits per heavy atom. The smallest absolute Gasteiger partial charge is 0.241 e. The predicted octanol–water partition coefficient (Wildman–Crippen LogP) is 3.72. The second-order valence-corrected chi connectivity index (χ2v) is 7.09. The lowest BCUT2D eigenvalue weighted by Crippen LogP contribution is -2.23. The van der Waals surface area contributed by atoms with Gasteiger partial charge in [-0.2, -0.15) is 0 Å². The van der Waals surface area contributed by atoms with Crippen LogP contribution in [-0.4, -0.2) is 15.0 Å². The van der Waals surface area contributed by atoms with Gasteiger partial charge in [0.05, 0.1) is 11.5 Å². The summed E-state index contributed by atoms with van der Waals surface area (Å²) in [7, 11) is -3.62. The van der Waals surface area contributed by atoms with Crippen molar-refractivity contribution in [2.45, 2.75) is 18.4 Å². The Bertz CT molecular complexity index is 937. The van der Waals surface area contributed by atoms with Crippen LogP contribution in [0, 0.1) is 0 Å². The Balaban J connectivity index is 1.97. The molecule has 4 nitrogen and oxygen atoms in total. The van der Waals surface area contributed by atoms with Gasteiger partial charge in [0.15, 0.2) is 0 Å². The Hall–Kier alpha value is -2.37. The number of nitrogens with one attached hydrogen (secondary N) is 1. The first-order chi connectivity index (χ1) is 11.6. The normalized spacial score (nSPS) is 11.5. The van der Waals surface area contributed by atoms with E-state index in [-0.39, 0.29) is 11.4 Å². The molecule has 0 spiro atoms. The summed E-state index contributed by atoms with van der Waals surface area (Å²) in [4.78, 5) is 0.262. The zero-order chi connectivity index (χ0) is 17.0. The van der Waals surface area contributed by atoms with Crippen molar-refractivity contribution in [2.75, 3.05) is 6.61 Å². The molecule has 1 N–H and O–H groups in total. The first-order valence-electron chi connectivity index (χ1n) is 7.80. The van der Waals surface area contributed by atoms with Crippen LogP contribution in [0.15, 0.2) is 71.6 Å². The zero-order valence-corrected chi connectivity index (χ0v) is 14.2. The van der Waals surface area contributed by atoms with E-state index < -0.39 is 10.0 Å². The Morgan fingerprint density at radius 1 is 0.875 bits per heavy atom. The molecule has 24 heavy (non-hydrogen) atoms. The standard InChI is InChI=1S/C19H19NO3S/c1-2-23-18-12-13-19(17-11-7-6-10-16(17)18)24(21,22)20-14-15-8-4-3-5-9-15/h3-13,20H,2,14H2,1H3. The van der Waals surface area contributed by atoms with Gasteiger partial charge in [-0.05, 0) is 24.6 Å². The lowest BCUT2D eigenvalue weighted by molar-refractivity contribution is 0.344. The maximum atomic E-state index is 12.7. The molecular weight excluding hydrogens is 322 g/mol. The summed E-state index contributed by atoms with van der Waals surface area (Å²) in [5.41, 5.74) is 0.913. The minimum Gasteiger partial charge on any atom is -0.493 e. The molecule has 0 aliphatic heterocycles. The highest BCUT2D eigenvalue weighted by atomic mass is 32.2. The van der Waals surface area contributed by atoms with Crippen molar-refractivity contribution in [3.8, 4) is 5.75 Å². The summed E-state index contributed by atoms with van der Waals surface area (Å²) in [6, 6.07) is 20.1. The van der Waals surface area contributed by atoms with E-state index in [0.717, 1.165) is 10.9 Å². The zero-order valence-electron chi connectivity index (χ0n) is 13.4. The summed E-state index contributed by atoms with van der Waals surface area (Å²) in [6.07, 6.45) is 0. The summed E-state index contributed by atoms with van der Waals surface area (Å²) < 4.78 is 33.7. The van der Waals surface area contributed by atoms with Crippen LogP contribution >= 0.6 is 0 Å². The molecule has 0 saturated carbocycles. The second-order valence-electron chi connectivity index (χ2n) is 5.35. The number of fused-ring (bicyclic) bond motifs is 1. The van der Waals surface area contributed by atoms with E-state index in [1.54, 1.807) is 18.2 Å². The Kier molecular flexibility index (Phi) is 4.83. The predicted molar refractivity (Wildman–Crippen MR) is 95.6 cm³/mol. The van der Waals surface area contributed by atoms with Gasteiger partial charge < -0.3 is 4.74 Å². The van der Waals surface area contributed by atoms with E-state index in [0.29, 0.717) is 17.7 Å². The van der Waals surface area contributed by atoms with E-state index in [9.17, 15) is 8.42 Å². The molecule has 3 rings (SSSR count). The highest BCUT2D eigenvalue weighted by Crippen LogP contribution is 2.31. The summed E-state index contributed by atoms with van der Waals surface area (Å²) in [5, 5.41) is 1.45. The van der Waals surface area contributed by atoms with Gasteiger partial charge in [-0.3, -0.25) is 0 Å². The number of hydrogen-bond acceptors (Lipinski definition) is 3. The third-order valence-corrected chi connectivity index (χ3v) is 5.20. The molecule has 0 fully saturated rings. The monoisotopic (exact) mass is 341 g/mol. The summed E-state index contributed by atoms with van der Waals surface area (Å²) in [5.74, 6) is 0.690.